The van der Waals surface area contributed by atoms with Crippen LogP contribution in [0.4, 0.5) is 5.69 Å². The number of nitrogens with two attached hydrogens (primary N) is 1. The van der Waals surface area contributed by atoms with Crippen LogP contribution in [-0.2, 0) is 4.79 Å². The summed E-state index contributed by atoms with van der Waals surface area (Å²) in [5, 5.41) is 12.4. The lowest BCUT2D eigenvalue weighted by Crippen LogP contribution is -2.45. The number of halogens is 1. The largest absolute Gasteiger partial charge is 0.481 e. The van der Waals surface area contributed by atoms with Crippen LogP contribution in [0.1, 0.15) is 36.0 Å². The molecular formula is C14H17ClN2O3. The molecule has 1 fully saturated rings. The zero-order chi connectivity index (χ0) is 14.7. The molecule has 0 bridgehead atoms. The zero-order valence-electron chi connectivity index (χ0n) is 10.9. The highest BCUT2D eigenvalue weighted by Gasteiger charge is 2.31. The molecule has 20 heavy (non-hydrogen) atoms. The third-order valence-electron chi connectivity index (χ3n) is 3.66. The molecule has 4 N–H and O–H groups in total. The molecule has 6 heteroatoms. The van der Waals surface area contributed by atoms with Gasteiger partial charge in [0, 0.05) is 11.6 Å². The van der Waals surface area contributed by atoms with Crippen LogP contribution >= 0.6 is 11.6 Å². The molecule has 1 saturated carbocycles. The van der Waals surface area contributed by atoms with Gasteiger partial charge in [-0.05, 0) is 31.0 Å². The van der Waals surface area contributed by atoms with Gasteiger partial charge in [0.05, 0.1) is 16.6 Å². The summed E-state index contributed by atoms with van der Waals surface area (Å²) < 4.78 is 0. The van der Waals surface area contributed by atoms with Gasteiger partial charge in [-0.2, -0.15) is 0 Å². The van der Waals surface area contributed by atoms with Gasteiger partial charge in [-0.1, -0.05) is 24.4 Å². The van der Waals surface area contributed by atoms with Gasteiger partial charge in [0.1, 0.15) is 0 Å². The van der Waals surface area contributed by atoms with Crippen molar-refractivity contribution in [2.75, 3.05) is 5.73 Å². The number of rotatable bonds is 3. The molecule has 0 aromatic heterocycles. The number of anilines is 1. The summed E-state index contributed by atoms with van der Waals surface area (Å²) in [5.74, 6) is -1.69. The van der Waals surface area contributed by atoms with E-state index >= 15 is 0 Å². The minimum Gasteiger partial charge on any atom is -0.481 e. The van der Waals surface area contributed by atoms with Crippen LogP contribution in [0.25, 0.3) is 0 Å². The Kier molecular flexibility index (Phi) is 4.49. The minimum atomic E-state index is -0.856. The number of aliphatic carboxylic acids is 1. The second-order valence-electron chi connectivity index (χ2n) is 5.05. The van der Waals surface area contributed by atoms with Gasteiger partial charge >= 0.3 is 5.97 Å². The third-order valence-corrected chi connectivity index (χ3v) is 4.00. The summed E-state index contributed by atoms with van der Waals surface area (Å²) in [6.45, 7) is 0. The Morgan fingerprint density at radius 2 is 2.00 bits per heavy atom. The van der Waals surface area contributed by atoms with Crippen LogP contribution in [0.2, 0.25) is 5.02 Å². The van der Waals surface area contributed by atoms with Crippen LogP contribution in [0.15, 0.2) is 18.2 Å². The summed E-state index contributed by atoms with van der Waals surface area (Å²) in [4.78, 5) is 23.3. The molecule has 2 atom stereocenters. The molecule has 1 aromatic rings. The van der Waals surface area contributed by atoms with Crippen molar-refractivity contribution >= 4 is 29.2 Å². The van der Waals surface area contributed by atoms with Crippen LogP contribution < -0.4 is 11.1 Å². The Balaban J connectivity index is 2.09. The normalized spacial score (nSPS) is 22.2. The molecule has 0 aliphatic heterocycles. The van der Waals surface area contributed by atoms with Crippen LogP contribution in [0, 0.1) is 5.92 Å². The number of hydrogen-bond donors (Lipinski definition) is 3. The fraction of sp³-hybridized carbons (Fsp3) is 0.429. The number of nitrogens with one attached hydrogen (secondary N) is 1. The zero-order valence-corrected chi connectivity index (χ0v) is 11.7. The number of benzene rings is 1. The monoisotopic (exact) mass is 296 g/mol. The van der Waals surface area contributed by atoms with Crippen molar-refractivity contribution in [2.24, 2.45) is 5.92 Å². The lowest BCUT2D eigenvalue weighted by atomic mass is 9.84. The first-order chi connectivity index (χ1) is 9.49. The highest BCUT2D eigenvalue weighted by Crippen LogP contribution is 2.25. The molecule has 1 aliphatic rings. The summed E-state index contributed by atoms with van der Waals surface area (Å²) >= 11 is 5.81. The first kappa shape index (κ1) is 14.7. The lowest BCUT2D eigenvalue weighted by Gasteiger charge is -2.29. The van der Waals surface area contributed by atoms with E-state index in [0.29, 0.717) is 29.1 Å². The molecule has 108 valence electrons. The predicted octanol–water partition coefficient (Wildman–Crippen LogP) is 2.30. The van der Waals surface area contributed by atoms with Gasteiger partial charge in [-0.3, -0.25) is 9.59 Å². The van der Waals surface area contributed by atoms with Gasteiger partial charge in [-0.25, -0.2) is 0 Å². The molecule has 1 aliphatic carbocycles. The van der Waals surface area contributed by atoms with E-state index in [1.807, 2.05) is 0 Å². The Morgan fingerprint density at radius 3 is 2.65 bits per heavy atom. The van der Waals surface area contributed by atoms with Crippen molar-refractivity contribution in [2.45, 2.75) is 31.7 Å². The standard InChI is InChI=1S/C14H17ClN2O3/c15-10-6-5-8(7-11(10)16)13(18)17-12-4-2-1-3-9(12)14(19)20/h5-7,9,12H,1-4,16H2,(H,17,18)(H,19,20). The van der Waals surface area contributed by atoms with Crippen LogP contribution in [0.5, 0.6) is 0 Å². The van der Waals surface area contributed by atoms with Crippen molar-refractivity contribution in [3.05, 3.63) is 28.8 Å². The molecule has 1 amide bonds. The van der Waals surface area contributed by atoms with Crippen LogP contribution in [-0.4, -0.2) is 23.0 Å². The second kappa shape index (κ2) is 6.13. The number of amides is 1. The maximum atomic E-state index is 12.1. The number of hydrogen-bond acceptors (Lipinski definition) is 3. The Bertz CT molecular complexity index is 533. The molecule has 0 saturated heterocycles. The van der Waals surface area contributed by atoms with Crippen molar-refractivity contribution in [3.63, 3.8) is 0 Å². The SMILES string of the molecule is Nc1cc(C(=O)NC2CCCCC2C(=O)O)ccc1Cl. The van der Waals surface area contributed by atoms with Gasteiger partial charge in [0.15, 0.2) is 0 Å². The highest BCUT2D eigenvalue weighted by atomic mass is 35.5. The van der Waals surface area contributed by atoms with E-state index in [2.05, 4.69) is 5.32 Å². The number of carboxylic acids is 1. The molecule has 0 radical (unpaired) electrons. The minimum absolute atomic E-state index is 0.313. The maximum Gasteiger partial charge on any atom is 0.308 e. The quantitative estimate of drug-likeness (QED) is 0.746. The molecule has 2 unspecified atom stereocenters. The molecule has 0 spiro atoms. The van der Waals surface area contributed by atoms with Crippen molar-refractivity contribution in [3.8, 4) is 0 Å². The Morgan fingerprint density at radius 1 is 1.30 bits per heavy atom. The average Bonchev–Trinajstić information content (AvgIpc) is 2.42. The third kappa shape index (κ3) is 3.22. The average molecular weight is 297 g/mol. The second-order valence-corrected chi connectivity index (χ2v) is 5.45. The van der Waals surface area contributed by atoms with E-state index in [4.69, 9.17) is 17.3 Å². The van der Waals surface area contributed by atoms with E-state index in [1.54, 1.807) is 12.1 Å². The van der Waals surface area contributed by atoms with Gasteiger partial charge in [-0.15, -0.1) is 0 Å². The maximum absolute atomic E-state index is 12.1. The van der Waals surface area contributed by atoms with Gasteiger partial charge in [0.25, 0.3) is 5.91 Å². The molecule has 5 nitrogen and oxygen atoms in total. The topological polar surface area (TPSA) is 92.4 Å². The summed E-state index contributed by atoms with van der Waals surface area (Å²) in [5.41, 5.74) is 6.38. The first-order valence-electron chi connectivity index (χ1n) is 6.57. The molecule has 2 rings (SSSR count). The number of carboxylic acid groups (broad SMARTS) is 1. The summed E-state index contributed by atoms with van der Waals surface area (Å²) in [7, 11) is 0. The molecule has 1 aromatic carbocycles. The number of carbonyl (C=O) groups excluding carboxylic acids is 1. The van der Waals surface area contributed by atoms with E-state index in [0.717, 1.165) is 12.8 Å². The Hall–Kier alpha value is -1.75. The molecule has 0 heterocycles. The number of nitrogen functional groups attached to an aromatic ring is 1. The van der Waals surface area contributed by atoms with Gasteiger partial charge < -0.3 is 16.2 Å². The molecular weight excluding hydrogens is 280 g/mol. The highest BCUT2D eigenvalue weighted by molar-refractivity contribution is 6.33. The fourth-order valence-corrected chi connectivity index (χ4v) is 2.65. The van der Waals surface area contributed by atoms with Crippen molar-refractivity contribution < 1.29 is 14.7 Å². The van der Waals surface area contributed by atoms with E-state index in [9.17, 15) is 14.7 Å². The van der Waals surface area contributed by atoms with E-state index < -0.39 is 11.9 Å². The smallest absolute Gasteiger partial charge is 0.308 e. The summed E-state index contributed by atoms with van der Waals surface area (Å²) in [6.07, 6.45) is 3.10. The Labute approximate surface area is 122 Å². The van der Waals surface area contributed by atoms with Crippen LogP contribution in [0.3, 0.4) is 0 Å². The van der Waals surface area contributed by atoms with Crippen molar-refractivity contribution in [1.82, 2.24) is 5.32 Å². The van der Waals surface area contributed by atoms with E-state index in [1.165, 1.54) is 6.07 Å². The first-order valence-corrected chi connectivity index (χ1v) is 6.95. The fourth-order valence-electron chi connectivity index (χ4n) is 2.54. The lowest BCUT2D eigenvalue weighted by molar-refractivity contribution is -0.143. The van der Waals surface area contributed by atoms with E-state index in [-0.39, 0.29) is 11.9 Å². The summed E-state index contributed by atoms with van der Waals surface area (Å²) in [6, 6.07) is 4.30. The predicted molar refractivity (Wildman–Crippen MR) is 76.7 cm³/mol. The van der Waals surface area contributed by atoms with Crippen molar-refractivity contribution in [1.29, 1.82) is 0 Å². The van der Waals surface area contributed by atoms with Gasteiger partial charge in [0.2, 0.25) is 0 Å². The number of carbonyl (C=O) groups is 2.